The van der Waals surface area contributed by atoms with Crippen LogP contribution >= 0.6 is 0 Å². The van der Waals surface area contributed by atoms with Crippen molar-refractivity contribution in [2.45, 2.75) is 64.0 Å². The summed E-state index contributed by atoms with van der Waals surface area (Å²) in [5.74, 6) is -3.29. The number of carboxylic acid groups (broad SMARTS) is 1. The number of esters is 1. The minimum Gasteiger partial charge on any atom is -0.478 e. The van der Waals surface area contributed by atoms with Crippen LogP contribution in [-0.2, 0) is 14.3 Å². The number of unbranched alkanes of at least 4 members (excludes halogenated alkanes) is 1. The van der Waals surface area contributed by atoms with Crippen LogP contribution < -0.4 is 5.73 Å². The summed E-state index contributed by atoms with van der Waals surface area (Å²) in [6.07, 6.45) is 7.02. The number of aliphatic carboxylic acids is 1. The highest BCUT2D eigenvalue weighted by molar-refractivity contribution is 5.85. The third-order valence-corrected chi connectivity index (χ3v) is 4.19. The van der Waals surface area contributed by atoms with Gasteiger partial charge in [0.05, 0.1) is 6.61 Å². The van der Waals surface area contributed by atoms with Crippen molar-refractivity contribution in [1.82, 2.24) is 0 Å². The Labute approximate surface area is 125 Å². The molecule has 0 aromatic rings. The van der Waals surface area contributed by atoms with E-state index in [1.165, 1.54) is 0 Å². The number of aliphatic hydroxyl groups is 1. The molecule has 6 heteroatoms. The molecule has 1 aliphatic rings. The van der Waals surface area contributed by atoms with Crippen LogP contribution in [0.2, 0.25) is 0 Å². The molecule has 0 unspecified atom stereocenters. The third-order valence-electron chi connectivity index (χ3n) is 4.19. The number of hydrogen-bond acceptors (Lipinski definition) is 5. The molecule has 21 heavy (non-hydrogen) atoms. The van der Waals surface area contributed by atoms with Crippen molar-refractivity contribution in [3.8, 4) is 0 Å². The molecule has 1 fully saturated rings. The summed E-state index contributed by atoms with van der Waals surface area (Å²) in [5, 5.41) is 19.1. The van der Waals surface area contributed by atoms with Crippen LogP contribution in [0, 0.1) is 11.8 Å². The van der Waals surface area contributed by atoms with Crippen molar-refractivity contribution in [2.24, 2.45) is 17.6 Å². The molecule has 0 amide bonds. The maximum atomic E-state index is 12.1. The van der Waals surface area contributed by atoms with Crippen LogP contribution in [-0.4, -0.2) is 34.5 Å². The molecule has 4 N–H and O–H groups in total. The Balaban J connectivity index is 2.73. The van der Waals surface area contributed by atoms with E-state index in [0.717, 1.165) is 38.5 Å². The van der Waals surface area contributed by atoms with Gasteiger partial charge in [-0.1, -0.05) is 45.4 Å². The molecule has 0 aliphatic heterocycles. The number of carbonyl (C=O) groups excluding carboxylic acids is 1. The van der Waals surface area contributed by atoms with E-state index in [2.05, 4.69) is 0 Å². The fraction of sp³-hybridized carbons (Fsp3) is 0.867. The molecule has 0 heterocycles. The van der Waals surface area contributed by atoms with Crippen LogP contribution in [0.5, 0.6) is 0 Å². The normalized spacial score (nSPS) is 20.5. The maximum absolute atomic E-state index is 12.1. The molecule has 0 radical (unpaired) electrons. The second-order valence-electron chi connectivity index (χ2n) is 5.94. The van der Waals surface area contributed by atoms with Gasteiger partial charge in [0.25, 0.3) is 0 Å². The zero-order chi connectivity index (χ0) is 15.9. The number of ether oxygens (including phenoxy) is 1. The molecule has 0 aromatic heterocycles. The number of nitrogens with two attached hydrogens (primary N) is 1. The summed E-state index contributed by atoms with van der Waals surface area (Å²) in [7, 11) is 0. The number of rotatable bonds is 8. The summed E-state index contributed by atoms with van der Waals surface area (Å²) in [4.78, 5) is 23.3. The number of carboxylic acids is 1. The van der Waals surface area contributed by atoms with Crippen molar-refractivity contribution in [1.29, 1.82) is 0 Å². The standard InChI is InChI=1S/C15H27NO5/c1-2-3-9-21-13(17)12(15(16,20)14(18)19)10-11-7-5-4-6-8-11/h11-12,20H,2-10,16H2,1H3,(H,18,19)/t12-,15-/m1/s1. The SMILES string of the molecule is CCCCOC(=O)[C@@H](CC1CCCCC1)[C@@](N)(O)C(=O)O. The Morgan fingerprint density at radius 1 is 1.33 bits per heavy atom. The Kier molecular flexibility index (Phi) is 7.11. The topological polar surface area (TPSA) is 110 Å². The lowest BCUT2D eigenvalue weighted by Gasteiger charge is -2.31. The van der Waals surface area contributed by atoms with Crippen LogP contribution in [0.1, 0.15) is 58.3 Å². The molecule has 0 spiro atoms. The van der Waals surface area contributed by atoms with Gasteiger partial charge < -0.3 is 14.9 Å². The molecule has 2 atom stereocenters. The molecule has 1 aliphatic carbocycles. The summed E-state index contributed by atoms with van der Waals surface area (Å²) < 4.78 is 5.08. The lowest BCUT2D eigenvalue weighted by atomic mass is 9.79. The van der Waals surface area contributed by atoms with E-state index >= 15 is 0 Å². The minimum atomic E-state index is -2.57. The van der Waals surface area contributed by atoms with Gasteiger partial charge in [-0.3, -0.25) is 10.5 Å². The minimum absolute atomic E-state index is 0.219. The van der Waals surface area contributed by atoms with Gasteiger partial charge >= 0.3 is 11.9 Å². The first-order chi connectivity index (χ1) is 9.89. The monoisotopic (exact) mass is 301 g/mol. The summed E-state index contributed by atoms with van der Waals surface area (Å²) in [6.45, 7) is 2.19. The van der Waals surface area contributed by atoms with E-state index in [-0.39, 0.29) is 18.9 Å². The van der Waals surface area contributed by atoms with E-state index in [0.29, 0.717) is 6.42 Å². The van der Waals surface area contributed by atoms with Gasteiger partial charge in [-0.2, -0.15) is 0 Å². The summed E-state index contributed by atoms with van der Waals surface area (Å²) in [5.41, 5.74) is 2.91. The molecule has 0 bridgehead atoms. The zero-order valence-corrected chi connectivity index (χ0v) is 12.7. The maximum Gasteiger partial charge on any atom is 0.351 e. The van der Waals surface area contributed by atoms with Gasteiger partial charge in [0.2, 0.25) is 5.72 Å². The fourth-order valence-electron chi connectivity index (χ4n) is 2.78. The molecule has 6 nitrogen and oxygen atoms in total. The molecule has 1 saturated carbocycles. The second-order valence-corrected chi connectivity index (χ2v) is 5.94. The van der Waals surface area contributed by atoms with Gasteiger partial charge in [-0.25, -0.2) is 4.79 Å². The van der Waals surface area contributed by atoms with Gasteiger partial charge in [-0.15, -0.1) is 0 Å². The highest BCUT2D eigenvalue weighted by atomic mass is 16.5. The second kappa shape index (κ2) is 8.34. The van der Waals surface area contributed by atoms with Crippen molar-refractivity contribution < 1.29 is 24.5 Å². The van der Waals surface area contributed by atoms with Gasteiger partial charge in [0.1, 0.15) is 5.92 Å². The highest BCUT2D eigenvalue weighted by Gasteiger charge is 2.46. The van der Waals surface area contributed by atoms with Crippen molar-refractivity contribution in [3.05, 3.63) is 0 Å². The third kappa shape index (κ3) is 5.28. The average Bonchev–Trinajstić information content (AvgIpc) is 2.45. The van der Waals surface area contributed by atoms with E-state index in [9.17, 15) is 14.7 Å². The molecule has 1 rings (SSSR count). The average molecular weight is 301 g/mol. The van der Waals surface area contributed by atoms with Gasteiger partial charge in [0, 0.05) is 0 Å². The zero-order valence-electron chi connectivity index (χ0n) is 12.7. The van der Waals surface area contributed by atoms with Crippen molar-refractivity contribution in [3.63, 3.8) is 0 Å². The molecular weight excluding hydrogens is 274 g/mol. The lowest BCUT2D eigenvalue weighted by Crippen LogP contribution is -2.57. The van der Waals surface area contributed by atoms with Crippen LogP contribution in [0.3, 0.4) is 0 Å². The predicted molar refractivity (Wildman–Crippen MR) is 77.3 cm³/mol. The number of hydrogen-bond donors (Lipinski definition) is 3. The van der Waals surface area contributed by atoms with Crippen LogP contribution in [0.4, 0.5) is 0 Å². The summed E-state index contributed by atoms with van der Waals surface area (Å²) in [6, 6.07) is 0. The van der Waals surface area contributed by atoms with Crippen molar-refractivity contribution in [2.75, 3.05) is 6.61 Å². The van der Waals surface area contributed by atoms with E-state index in [1.54, 1.807) is 0 Å². The Morgan fingerprint density at radius 2 is 1.95 bits per heavy atom. The van der Waals surface area contributed by atoms with Crippen LogP contribution in [0.15, 0.2) is 0 Å². The fourth-order valence-corrected chi connectivity index (χ4v) is 2.78. The lowest BCUT2D eigenvalue weighted by molar-refractivity contribution is -0.178. The van der Waals surface area contributed by atoms with Crippen molar-refractivity contribution >= 4 is 11.9 Å². The Morgan fingerprint density at radius 3 is 2.48 bits per heavy atom. The van der Waals surface area contributed by atoms with E-state index < -0.39 is 23.6 Å². The molecule has 122 valence electrons. The van der Waals surface area contributed by atoms with E-state index in [1.807, 2.05) is 6.92 Å². The molecule has 0 saturated heterocycles. The number of carbonyl (C=O) groups is 2. The van der Waals surface area contributed by atoms with Crippen LogP contribution in [0.25, 0.3) is 0 Å². The molecular formula is C15H27NO5. The van der Waals surface area contributed by atoms with Gasteiger partial charge in [-0.05, 0) is 18.8 Å². The predicted octanol–water partition coefficient (Wildman–Crippen LogP) is 1.65. The first kappa shape index (κ1) is 17.9. The highest BCUT2D eigenvalue weighted by Crippen LogP contribution is 2.32. The largest absolute Gasteiger partial charge is 0.478 e. The Hall–Kier alpha value is -1.14. The Bertz CT molecular complexity index is 350. The molecule has 0 aromatic carbocycles. The summed E-state index contributed by atoms with van der Waals surface area (Å²) >= 11 is 0. The smallest absolute Gasteiger partial charge is 0.351 e. The van der Waals surface area contributed by atoms with E-state index in [4.69, 9.17) is 15.6 Å². The van der Waals surface area contributed by atoms with Gasteiger partial charge in [0.15, 0.2) is 0 Å². The first-order valence-electron chi connectivity index (χ1n) is 7.80. The first-order valence-corrected chi connectivity index (χ1v) is 7.80. The quantitative estimate of drug-likeness (QED) is 0.357.